The number of hydrogen-bond acceptors (Lipinski definition) is 3. The molecule has 1 aromatic rings. The zero-order valence-electron chi connectivity index (χ0n) is 12.8. The van der Waals surface area contributed by atoms with Gasteiger partial charge in [0.05, 0.1) is 5.60 Å². The Bertz CT molecular complexity index is 502. The molecular formula is C17H24ClNOS. The van der Waals surface area contributed by atoms with E-state index in [0.717, 1.165) is 35.8 Å². The normalized spacial score (nSPS) is 30.7. The number of rotatable bonds is 3. The molecule has 21 heavy (non-hydrogen) atoms. The Morgan fingerprint density at radius 2 is 2.33 bits per heavy atom. The Labute approximate surface area is 137 Å². The number of nitrogens with one attached hydrogen (secondary N) is 1. The van der Waals surface area contributed by atoms with Gasteiger partial charge in [-0.05, 0) is 62.1 Å². The van der Waals surface area contributed by atoms with Gasteiger partial charge in [0.25, 0.3) is 0 Å². The van der Waals surface area contributed by atoms with Crippen LogP contribution < -0.4 is 5.32 Å². The Hall–Kier alpha value is -0.220. The van der Waals surface area contributed by atoms with E-state index in [1.807, 2.05) is 11.8 Å². The second kappa shape index (κ2) is 6.49. The highest BCUT2D eigenvalue weighted by atomic mass is 35.5. The first-order valence-corrected chi connectivity index (χ1v) is 9.32. The van der Waals surface area contributed by atoms with Crippen molar-refractivity contribution in [3.05, 3.63) is 34.3 Å². The summed E-state index contributed by atoms with van der Waals surface area (Å²) in [5, 5.41) is 4.39. The minimum atomic E-state index is 0.136. The second-order valence-corrected chi connectivity index (χ2v) is 7.87. The summed E-state index contributed by atoms with van der Waals surface area (Å²) in [6.45, 7) is 2.95. The molecule has 1 spiro atoms. The van der Waals surface area contributed by atoms with Crippen LogP contribution in [0.25, 0.3) is 0 Å². The van der Waals surface area contributed by atoms with Gasteiger partial charge in [0, 0.05) is 23.4 Å². The summed E-state index contributed by atoms with van der Waals surface area (Å²) in [6.07, 6.45) is 3.50. The van der Waals surface area contributed by atoms with Crippen LogP contribution in [0.15, 0.2) is 18.2 Å². The van der Waals surface area contributed by atoms with Crippen LogP contribution in [0.1, 0.15) is 36.4 Å². The van der Waals surface area contributed by atoms with Crippen LogP contribution in [0.3, 0.4) is 0 Å². The predicted octanol–water partition coefficient (Wildman–Crippen LogP) is 4.21. The van der Waals surface area contributed by atoms with Crippen molar-refractivity contribution in [1.29, 1.82) is 0 Å². The number of halogens is 1. The van der Waals surface area contributed by atoms with E-state index in [4.69, 9.17) is 16.3 Å². The van der Waals surface area contributed by atoms with Gasteiger partial charge >= 0.3 is 0 Å². The molecule has 0 aliphatic carbocycles. The minimum absolute atomic E-state index is 0.136. The molecule has 1 N–H and O–H groups in total. The van der Waals surface area contributed by atoms with Crippen LogP contribution in [0.5, 0.6) is 0 Å². The van der Waals surface area contributed by atoms with E-state index in [9.17, 15) is 0 Å². The van der Waals surface area contributed by atoms with Crippen LogP contribution in [-0.2, 0) is 4.74 Å². The third-order valence-electron chi connectivity index (χ3n) is 4.94. The third-order valence-corrected chi connectivity index (χ3v) is 6.57. The Balaban J connectivity index is 1.80. The van der Waals surface area contributed by atoms with Gasteiger partial charge in [-0.15, -0.1) is 0 Å². The molecule has 0 amide bonds. The molecule has 0 aromatic heterocycles. The van der Waals surface area contributed by atoms with Gasteiger partial charge in [0.1, 0.15) is 0 Å². The van der Waals surface area contributed by atoms with Crippen molar-refractivity contribution in [2.24, 2.45) is 5.92 Å². The fourth-order valence-corrected chi connectivity index (χ4v) is 5.26. The summed E-state index contributed by atoms with van der Waals surface area (Å²) in [5.41, 5.74) is 2.59. The molecule has 2 aliphatic heterocycles. The second-order valence-electron chi connectivity index (χ2n) is 6.36. The number of thioether (sulfide) groups is 1. The van der Waals surface area contributed by atoms with Crippen molar-refractivity contribution < 1.29 is 4.74 Å². The largest absolute Gasteiger partial charge is 0.374 e. The first kappa shape index (κ1) is 15.7. The molecule has 2 saturated heterocycles. The van der Waals surface area contributed by atoms with Crippen LogP contribution in [0.4, 0.5) is 0 Å². The third kappa shape index (κ3) is 3.26. The monoisotopic (exact) mass is 325 g/mol. The molecule has 2 nitrogen and oxygen atoms in total. The molecule has 4 heteroatoms. The van der Waals surface area contributed by atoms with Crippen molar-refractivity contribution in [1.82, 2.24) is 5.32 Å². The number of hydrogen-bond donors (Lipinski definition) is 1. The number of benzene rings is 1. The van der Waals surface area contributed by atoms with Gasteiger partial charge in [0.2, 0.25) is 0 Å². The zero-order chi connectivity index (χ0) is 14.9. The van der Waals surface area contributed by atoms with Crippen molar-refractivity contribution in [2.75, 3.05) is 25.2 Å². The van der Waals surface area contributed by atoms with Gasteiger partial charge < -0.3 is 10.1 Å². The summed E-state index contributed by atoms with van der Waals surface area (Å²) in [7, 11) is 2.06. The van der Waals surface area contributed by atoms with Crippen LogP contribution >= 0.6 is 23.4 Å². The lowest BCUT2D eigenvalue weighted by molar-refractivity contribution is -0.0850. The number of ether oxygens (including phenoxy) is 1. The van der Waals surface area contributed by atoms with E-state index >= 15 is 0 Å². The summed E-state index contributed by atoms with van der Waals surface area (Å²) in [5.74, 6) is 3.03. The molecule has 3 rings (SSSR count). The van der Waals surface area contributed by atoms with Crippen molar-refractivity contribution in [3.8, 4) is 0 Å². The topological polar surface area (TPSA) is 21.3 Å². The van der Waals surface area contributed by atoms with Gasteiger partial charge in [-0.1, -0.05) is 23.7 Å². The predicted molar refractivity (Wildman–Crippen MR) is 91.3 cm³/mol. The molecule has 2 fully saturated rings. The first-order chi connectivity index (χ1) is 10.1. The van der Waals surface area contributed by atoms with Crippen LogP contribution in [0, 0.1) is 12.8 Å². The Morgan fingerprint density at radius 1 is 1.48 bits per heavy atom. The molecular weight excluding hydrogens is 302 g/mol. The average Bonchev–Trinajstić information content (AvgIpc) is 2.91. The van der Waals surface area contributed by atoms with E-state index < -0.39 is 0 Å². The van der Waals surface area contributed by atoms with Crippen molar-refractivity contribution >= 4 is 23.4 Å². The molecule has 0 radical (unpaired) electrons. The van der Waals surface area contributed by atoms with E-state index in [1.165, 1.54) is 17.7 Å². The number of aryl methyl sites for hydroxylation is 1. The lowest BCUT2D eigenvalue weighted by atomic mass is 9.79. The van der Waals surface area contributed by atoms with E-state index in [0.29, 0.717) is 12.0 Å². The van der Waals surface area contributed by atoms with E-state index in [2.05, 4.69) is 37.5 Å². The van der Waals surface area contributed by atoms with Gasteiger partial charge in [-0.25, -0.2) is 0 Å². The standard InChI is InChI=1S/C17H24ClNOS/c1-12-3-4-13(9-15(12)18)16(19-2)14-5-7-20-17(10-14)6-8-21-11-17/h3-4,9,14,16,19H,5-8,10-11H2,1-2H3. The Kier molecular flexibility index (Phi) is 4.84. The summed E-state index contributed by atoms with van der Waals surface area (Å²) < 4.78 is 6.16. The zero-order valence-corrected chi connectivity index (χ0v) is 14.4. The van der Waals surface area contributed by atoms with Gasteiger partial charge in [-0.3, -0.25) is 0 Å². The average molecular weight is 326 g/mol. The van der Waals surface area contributed by atoms with E-state index in [1.54, 1.807) is 0 Å². The first-order valence-electron chi connectivity index (χ1n) is 7.79. The molecule has 3 atom stereocenters. The maximum absolute atomic E-state index is 6.32. The van der Waals surface area contributed by atoms with Crippen molar-refractivity contribution in [3.63, 3.8) is 0 Å². The molecule has 3 unspecified atom stereocenters. The fraction of sp³-hybridized carbons (Fsp3) is 0.647. The van der Waals surface area contributed by atoms with E-state index in [-0.39, 0.29) is 5.60 Å². The fourth-order valence-electron chi connectivity index (χ4n) is 3.69. The quantitative estimate of drug-likeness (QED) is 0.899. The van der Waals surface area contributed by atoms with Gasteiger partial charge in [0.15, 0.2) is 0 Å². The molecule has 0 saturated carbocycles. The Morgan fingerprint density at radius 3 is 3.00 bits per heavy atom. The SMILES string of the molecule is CNC(c1ccc(C)c(Cl)c1)C1CCOC2(CCSC2)C1. The molecule has 1 aromatic carbocycles. The molecule has 2 aliphatic rings. The van der Waals surface area contributed by atoms with Crippen LogP contribution in [-0.4, -0.2) is 30.8 Å². The highest BCUT2D eigenvalue weighted by molar-refractivity contribution is 7.99. The highest BCUT2D eigenvalue weighted by Crippen LogP contribution is 2.44. The lowest BCUT2D eigenvalue weighted by Gasteiger charge is -2.41. The van der Waals surface area contributed by atoms with Gasteiger partial charge in [-0.2, -0.15) is 11.8 Å². The molecule has 2 heterocycles. The maximum atomic E-state index is 6.32. The summed E-state index contributed by atoms with van der Waals surface area (Å²) >= 11 is 8.35. The lowest BCUT2D eigenvalue weighted by Crippen LogP contribution is -2.43. The maximum Gasteiger partial charge on any atom is 0.0783 e. The van der Waals surface area contributed by atoms with Crippen LogP contribution in [0.2, 0.25) is 5.02 Å². The summed E-state index contributed by atoms with van der Waals surface area (Å²) in [6, 6.07) is 6.84. The highest BCUT2D eigenvalue weighted by Gasteiger charge is 2.42. The smallest absolute Gasteiger partial charge is 0.0783 e. The van der Waals surface area contributed by atoms with Crippen molar-refractivity contribution in [2.45, 2.75) is 37.8 Å². The minimum Gasteiger partial charge on any atom is -0.374 e. The molecule has 116 valence electrons. The summed E-state index contributed by atoms with van der Waals surface area (Å²) in [4.78, 5) is 0. The molecule has 0 bridgehead atoms.